The lowest BCUT2D eigenvalue weighted by Gasteiger charge is -2.24. The molecule has 0 radical (unpaired) electrons. The molecule has 0 heterocycles. The normalized spacial score (nSPS) is 15.9. The van der Waals surface area contributed by atoms with Crippen LogP contribution in [0, 0.1) is 5.41 Å². The topological polar surface area (TPSA) is 83.6 Å². The van der Waals surface area contributed by atoms with Gasteiger partial charge in [0, 0.05) is 13.1 Å². The van der Waals surface area contributed by atoms with Crippen molar-refractivity contribution in [2.45, 2.75) is 12.8 Å². The van der Waals surface area contributed by atoms with E-state index in [0.717, 1.165) is 5.56 Å². The molecule has 0 unspecified atom stereocenters. The van der Waals surface area contributed by atoms with Crippen LogP contribution in [-0.4, -0.2) is 41.5 Å². The van der Waals surface area contributed by atoms with Gasteiger partial charge in [0.25, 0.3) is 0 Å². The van der Waals surface area contributed by atoms with Crippen LogP contribution in [-0.2, 0) is 9.59 Å². The van der Waals surface area contributed by atoms with Crippen molar-refractivity contribution in [2.24, 2.45) is 11.1 Å². The molecule has 1 fully saturated rings. The molecule has 5 nitrogen and oxygen atoms in total. The standard InChI is InChI=1S/C16H20N2O3/c17-14(20)16(8-9-16)15(21)18(11-12-19)10-4-7-13-5-2-1-3-6-13/h1-7,19H,8-12H2,(H2,17,20)/b7-4+. The number of benzene rings is 1. The fourth-order valence-corrected chi connectivity index (χ4v) is 2.27. The van der Waals surface area contributed by atoms with E-state index in [1.807, 2.05) is 42.5 Å². The number of nitrogens with two attached hydrogens (primary N) is 1. The van der Waals surface area contributed by atoms with E-state index in [-0.39, 0.29) is 19.1 Å². The summed E-state index contributed by atoms with van der Waals surface area (Å²) < 4.78 is 0. The van der Waals surface area contributed by atoms with E-state index in [1.165, 1.54) is 4.90 Å². The third-order valence-electron chi connectivity index (χ3n) is 3.72. The summed E-state index contributed by atoms with van der Waals surface area (Å²) in [6.45, 7) is 0.413. The summed E-state index contributed by atoms with van der Waals surface area (Å²) in [6, 6.07) is 9.72. The Morgan fingerprint density at radius 1 is 1.29 bits per heavy atom. The van der Waals surface area contributed by atoms with Crippen LogP contribution in [0.2, 0.25) is 0 Å². The van der Waals surface area contributed by atoms with Crippen LogP contribution in [0.5, 0.6) is 0 Å². The van der Waals surface area contributed by atoms with Gasteiger partial charge in [-0.1, -0.05) is 42.5 Å². The molecular formula is C16H20N2O3. The monoisotopic (exact) mass is 288 g/mol. The maximum absolute atomic E-state index is 12.4. The third kappa shape index (κ3) is 3.49. The summed E-state index contributed by atoms with van der Waals surface area (Å²) in [7, 11) is 0. The molecule has 5 heteroatoms. The molecule has 0 aliphatic heterocycles. The molecule has 2 rings (SSSR count). The van der Waals surface area contributed by atoms with E-state index in [4.69, 9.17) is 10.8 Å². The van der Waals surface area contributed by atoms with Crippen molar-refractivity contribution in [3.63, 3.8) is 0 Å². The van der Waals surface area contributed by atoms with Crippen LogP contribution < -0.4 is 5.73 Å². The second kappa shape index (κ2) is 6.54. The summed E-state index contributed by atoms with van der Waals surface area (Å²) in [5, 5.41) is 9.09. The van der Waals surface area contributed by atoms with Crippen molar-refractivity contribution in [2.75, 3.05) is 19.7 Å². The first kappa shape index (κ1) is 15.3. The summed E-state index contributed by atoms with van der Waals surface area (Å²) in [4.78, 5) is 25.3. The van der Waals surface area contributed by atoms with Crippen LogP contribution in [0.25, 0.3) is 6.08 Å². The molecule has 1 aromatic rings. The van der Waals surface area contributed by atoms with Crippen LogP contribution >= 0.6 is 0 Å². The lowest BCUT2D eigenvalue weighted by molar-refractivity contribution is -0.142. The van der Waals surface area contributed by atoms with Gasteiger partial charge in [0.2, 0.25) is 11.8 Å². The Bertz CT molecular complexity index is 536. The smallest absolute Gasteiger partial charge is 0.238 e. The number of hydrogen-bond donors (Lipinski definition) is 2. The number of rotatable bonds is 7. The van der Waals surface area contributed by atoms with E-state index < -0.39 is 11.3 Å². The Hall–Kier alpha value is -2.14. The summed E-state index contributed by atoms with van der Waals surface area (Å²) in [6.07, 6.45) is 4.76. The average molecular weight is 288 g/mol. The van der Waals surface area contributed by atoms with E-state index in [0.29, 0.717) is 19.4 Å². The van der Waals surface area contributed by atoms with E-state index >= 15 is 0 Å². The number of aliphatic hydroxyl groups excluding tert-OH is 1. The largest absolute Gasteiger partial charge is 0.395 e. The predicted octanol–water partition coefficient (Wildman–Crippen LogP) is 0.786. The lowest BCUT2D eigenvalue weighted by Crippen LogP contribution is -2.44. The lowest BCUT2D eigenvalue weighted by atomic mass is 10.0. The molecule has 0 spiro atoms. The van der Waals surface area contributed by atoms with Gasteiger partial charge >= 0.3 is 0 Å². The highest BCUT2D eigenvalue weighted by molar-refractivity contribution is 6.07. The molecular weight excluding hydrogens is 268 g/mol. The van der Waals surface area contributed by atoms with Gasteiger partial charge in [-0.15, -0.1) is 0 Å². The fourth-order valence-electron chi connectivity index (χ4n) is 2.27. The summed E-state index contributed by atoms with van der Waals surface area (Å²) in [5.41, 5.74) is 5.32. The highest BCUT2D eigenvalue weighted by Gasteiger charge is 2.56. The molecule has 2 amide bonds. The summed E-state index contributed by atoms with van der Waals surface area (Å²) in [5.74, 6) is -0.843. The Kier molecular flexibility index (Phi) is 4.75. The first-order valence-corrected chi connectivity index (χ1v) is 7.02. The zero-order chi connectivity index (χ0) is 15.3. The zero-order valence-corrected chi connectivity index (χ0v) is 11.9. The minimum Gasteiger partial charge on any atom is -0.395 e. The minimum absolute atomic E-state index is 0.139. The van der Waals surface area contributed by atoms with Crippen molar-refractivity contribution < 1.29 is 14.7 Å². The Balaban J connectivity index is 2.01. The second-order valence-corrected chi connectivity index (χ2v) is 5.23. The Labute approximate surface area is 124 Å². The third-order valence-corrected chi connectivity index (χ3v) is 3.72. The van der Waals surface area contributed by atoms with Crippen LogP contribution in [0.4, 0.5) is 0 Å². The number of amides is 2. The first-order chi connectivity index (χ1) is 10.1. The molecule has 1 saturated carbocycles. The van der Waals surface area contributed by atoms with Crippen molar-refractivity contribution in [3.8, 4) is 0 Å². The van der Waals surface area contributed by atoms with Gasteiger partial charge < -0.3 is 15.7 Å². The van der Waals surface area contributed by atoms with Crippen LogP contribution in [0.15, 0.2) is 36.4 Å². The number of primary amides is 1. The number of aliphatic hydroxyl groups is 1. The Morgan fingerprint density at radius 3 is 2.48 bits per heavy atom. The molecule has 1 aromatic carbocycles. The fraction of sp³-hybridized carbons (Fsp3) is 0.375. The molecule has 0 aromatic heterocycles. The number of carbonyl (C=O) groups is 2. The minimum atomic E-state index is -1.03. The molecule has 3 N–H and O–H groups in total. The van der Waals surface area contributed by atoms with Gasteiger partial charge in [0.05, 0.1) is 6.61 Å². The molecule has 0 atom stereocenters. The predicted molar refractivity (Wildman–Crippen MR) is 80.0 cm³/mol. The molecule has 0 bridgehead atoms. The van der Waals surface area contributed by atoms with Gasteiger partial charge in [-0.25, -0.2) is 0 Å². The molecule has 112 valence electrons. The highest BCUT2D eigenvalue weighted by Crippen LogP contribution is 2.46. The molecule has 21 heavy (non-hydrogen) atoms. The van der Waals surface area contributed by atoms with Crippen molar-refractivity contribution in [3.05, 3.63) is 42.0 Å². The highest BCUT2D eigenvalue weighted by atomic mass is 16.3. The van der Waals surface area contributed by atoms with Gasteiger partial charge in [-0.05, 0) is 18.4 Å². The zero-order valence-electron chi connectivity index (χ0n) is 11.9. The maximum Gasteiger partial charge on any atom is 0.238 e. The van der Waals surface area contributed by atoms with Crippen LogP contribution in [0.3, 0.4) is 0 Å². The molecule has 0 saturated heterocycles. The first-order valence-electron chi connectivity index (χ1n) is 7.02. The van der Waals surface area contributed by atoms with Gasteiger partial charge in [0.1, 0.15) is 5.41 Å². The van der Waals surface area contributed by atoms with Gasteiger partial charge in [-0.3, -0.25) is 9.59 Å². The molecule has 1 aliphatic carbocycles. The van der Waals surface area contributed by atoms with Crippen molar-refractivity contribution in [1.82, 2.24) is 4.90 Å². The van der Waals surface area contributed by atoms with E-state index in [2.05, 4.69) is 0 Å². The number of hydrogen-bond acceptors (Lipinski definition) is 3. The number of carbonyl (C=O) groups excluding carboxylic acids is 2. The van der Waals surface area contributed by atoms with Crippen LogP contribution in [0.1, 0.15) is 18.4 Å². The summed E-state index contributed by atoms with van der Waals surface area (Å²) >= 11 is 0. The van der Waals surface area contributed by atoms with Gasteiger partial charge in [0.15, 0.2) is 0 Å². The number of nitrogens with zero attached hydrogens (tertiary/aromatic N) is 1. The SMILES string of the molecule is NC(=O)C1(C(=O)N(C/C=C/c2ccccc2)CCO)CC1. The van der Waals surface area contributed by atoms with Gasteiger partial charge in [-0.2, -0.15) is 0 Å². The van der Waals surface area contributed by atoms with Crippen molar-refractivity contribution in [1.29, 1.82) is 0 Å². The Morgan fingerprint density at radius 2 is 1.95 bits per heavy atom. The van der Waals surface area contributed by atoms with E-state index in [1.54, 1.807) is 0 Å². The van der Waals surface area contributed by atoms with Crippen molar-refractivity contribution >= 4 is 17.9 Å². The maximum atomic E-state index is 12.4. The quantitative estimate of drug-likeness (QED) is 0.727. The second-order valence-electron chi connectivity index (χ2n) is 5.23. The van der Waals surface area contributed by atoms with E-state index in [9.17, 15) is 9.59 Å². The average Bonchev–Trinajstić information content (AvgIpc) is 3.28. The molecule has 1 aliphatic rings.